The molecule has 0 saturated carbocycles. The van der Waals surface area contributed by atoms with Gasteiger partial charge in [-0.3, -0.25) is 0 Å². The molecule has 3 heteroatoms. The van der Waals surface area contributed by atoms with E-state index in [1.807, 2.05) is 0 Å². The Balaban J connectivity index is 1.53. The summed E-state index contributed by atoms with van der Waals surface area (Å²) in [5, 5.41) is 0. The molecule has 0 N–H and O–H groups in total. The standard InChI is InChI=1S/C12H25N3/c1-13-9-11-15(12-10-13)8-4-7-14-5-2-3-6-14/h2-12H2,1H3. The highest BCUT2D eigenvalue weighted by Gasteiger charge is 2.14. The number of likely N-dealkylation sites (tertiary alicyclic amines) is 1. The molecule has 15 heavy (non-hydrogen) atoms. The van der Waals surface area contributed by atoms with Gasteiger partial charge in [-0.1, -0.05) is 0 Å². The normalized spacial score (nSPS) is 26.2. The average molecular weight is 211 g/mol. The van der Waals surface area contributed by atoms with Crippen molar-refractivity contribution in [2.45, 2.75) is 19.3 Å². The van der Waals surface area contributed by atoms with E-state index in [2.05, 4.69) is 21.7 Å². The molecule has 2 heterocycles. The Morgan fingerprint density at radius 2 is 1.27 bits per heavy atom. The minimum atomic E-state index is 1.25. The fourth-order valence-corrected chi connectivity index (χ4v) is 2.60. The number of hydrogen-bond donors (Lipinski definition) is 0. The van der Waals surface area contributed by atoms with Crippen LogP contribution in [0, 0.1) is 0 Å². The van der Waals surface area contributed by atoms with Crippen LogP contribution in [0.2, 0.25) is 0 Å². The first kappa shape index (κ1) is 11.4. The summed E-state index contributed by atoms with van der Waals surface area (Å²) in [6.45, 7) is 10.4. The second-order valence-corrected chi connectivity index (χ2v) is 5.05. The first-order valence-electron chi connectivity index (χ1n) is 6.48. The molecular weight excluding hydrogens is 186 g/mol. The highest BCUT2D eigenvalue weighted by atomic mass is 15.2. The van der Waals surface area contributed by atoms with Crippen LogP contribution in [0.4, 0.5) is 0 Å². The van der Waals surface area contributed by atoms with Gasteiger partial charge in [-0.25, -0.2) is 0 Å². The van der Waals surface area contributed by atoms with Gasteiger partial charge < -0.3 is 14.7 Å². The predicted octanol–water partition coefficient (Wildman–Crippen LogP) is 0.720. The van der Waals surface area contributed by atoms with E-state index in [0.717, 1.165) is 0 Å². The van der Waals surface area contributed by atoms with Crippen molar-refractivity contribution >= 4 is 0 Å². The third kappa shape index (κ3) is 3.74. The van der Waals surface area contributed by atoms with Crippen LogP contribution in [0.25, 0.3) is 0 Å². The van der Waals surface area contributed by atoms with Gasteiger partial charge in [0, 0.05) is 26.2 Å². The Morgan fingerprint density at radius 1 is 0.733 bits per heavy atom. The zero-order valence-electron chi connectivity index (χ0n) is 10.1. The van der Waals surface area contributed by atoms with Gasteiger partial charge in [0.05, 0.1) is 0 Å². The highest BCUT2D eigenvalue weighted by molar-refractivity contribution is 4.71. The lowest BCUT2D eigenvalue weighted by molar-refractivity contribution is 0.148. The molecule has 0 radical (unpaired) electrons. The number of rotatable bonds is 4. The molecule has 2 aliphatic rings. The van der Waals surface area contributed by atoms with Crippen LogP contribution in [-0.2, 0) is 0 Å². The smallest absolute Gasteiger partial charge is 0.0110 e. The van der Waals surface area contributed by atoms with Crippen LogP contribution in [-0.4, -0.2) is 74.1 Å². The Labute approximate surface area is 94.0 Å². The second kappa shape index (κ2) is 5.83. The molecule has 2 aliphatic heterocycles. The molecule has 0 aromatic carbocycles. The molecule has 0 unspecified atom stereocenters. The molecule has 0 atom stereocenters. The topological polar surface area (TPSA) is 9.72 Å². The lowest BCUT2D eigenvalue weighted by Gasteiger charge is -2.32. The van der Waals surface area contributed by atoms with Crippen molar-refractivity contribution in [1.82, 2.24) is 14.7 Å². The van der Waals surface area contributed by atoms with Crippen molar-refractivity contribution in [2.75, 3.05) is 59.4 Å². The predicted molar refractivity (Wildman–Crippen MR) is 64.2 cm³/mol. The molecule has 2 saturated heterocycles. The number of nitrogens with zero attached hydrogens (tertiary/aromatic N) is 3. The molecule has 0 aromatic rings. The van der Waals surface area contributed by atoms with Gasteiger partial charge in [-0.15, -0.1) is 0 Å². The quantitative estimate of drug-likeness (QED) is 0.678. The van der Waals surface area contributed by atoms with E-state index in [1.54, 1.807) is 0 Å². The minimum absolute atomic E-state index is 1.25. The van der Waals surface area contributed by atoms with E-state index < -0.39 is 0 Å². The summed E-state index contributed by atoms with van der Waals surface area (Å²) in [7, 11) is 2.22. The fraction of sp³-hybridized carbons (Fsp3) is 1.00. The van der Waals surface area contributed by atoms with Crippen molar-refractivity contribution in [2.24, 2.45) is 0 Å². The number of hydrogen-bond acceptors (Lipinski definition) is 3. The van der Waals surface area contributed by atoms with Crippen molar-refractivity contribution in [3.8, 4) is 0 Å². The van der Waals surface area contributed by atoms with Crippen LogP contribution < -0.4 is 0 Å². The maximum absolute atomic E-state index is 2.62. The molecule has 0 spiro atoms. The van der Waals surface area contributed by atoms with Crippen LogP contribution in [0.5, 0.6) is 0 Å². The molecule has 2 fully saturated rings. The lowest BCUT2D eigenvalue weighted by Crippen LogP contribution is -2.45. The molecule has 0 aliphatic carbocycles. The summed E-state index contributed by atoms with van der Waals surface area (Å²) in [5.41, 5.74) is 0. The van der Waals surface area contributed by atoms with Gasteiger partial charge in [0.1, 0.15) is 0 Å². The van der Waals surface area contributed by atoms with Crippen molar-refractivity contribution in [3.63, 3.8) is 0 Å². The van der Waals surface area contributed by atoms with Gasteiger partial charge in [-0.2, -0.15) is 0 Å². The molecule has 3 nitrogen and oxygen atoms in total. The van der Waals surface area contributed by atoms with Crippen molar-refractivity contribution in [3.05, 3.63) is 0 Å². The number of likely N-dealkylation sites (N-methyl/N-ethyl adjacent to an activating group) is 1. The van der Waals surface area contributed by atoms with E-state index in [4.69, 9.17) is 0 Å². The summed E-state index contributed by atoms with van der Waals surface area (Å²) < 4.78 is 0. The summed E-state index contributed by atoms with van der Waals surface area (Å²) in [6, 6.07) is 0. The van der Waals surface area contributed by atoms with Crippen LogP contribution in [0.15, 0.2) is 0 Å². The Bertz CT molecular complexity index is 170. The average Bonchev–Trinajstić information content (AvgIpc) is 2.74. The Hall–Kier alpha value is -0.120. The Kier molecular flexibility index (Phi) is 4.42. The largest absolute Gasteiger partial charge is 0.304 e. The van der Waals surface area contributed by atoms with E-state index in [0.29, 0.717) is 0 Å². The molecule has 88 valence electrons. The van der Waals surface area contributed by atoms with Crippen molar-refractivity contribution in [1.29, 1.82) is 0 Å². The third-order valence-corrected chi connectivity index (χ3v) is 3.74. The van der Waals surface area contributed by atoms with Crippen molar-refractivity contribution < 1.29 is 0 Å². The summed E-state index contributed by atoms with van der Waals surface area (Å²) >= 11 is 0. The Morgan fingerprint density at radius 3 is 1.87 bits per heavy atom. The van der Waals surface area contributed by atoms with E-state index >= 15 is 0 Å². The maximum Gasteiger partial charge on any atom is 0.0110 e. The zero-order valence-corrected chi connectivity index (χ0v) is 10.1. The summed E-state index contributed by atoms with van der Waals surface area (Å²) in [5.74, 6) is 0. The maximum atomic E-state index is 2.62. The van der Waals surface area contributed by atoms with Crippen LogP contribution >= 0.6 is 0 Å². The van der Waals surface area contributed by atoms with Gasteiger partial charge >= 0.3 is 0 Å². The van der Waals surface area contributed by atoms with E-state index in [1.165, 1.54) is 71.6 Å². The number of piperazine rings is 1. The first-order chi connectivity index (χ1) is 7.34. The molecule has 0 bridgehead atoms. The second-order valence-electron chi connectivity index (χ2n) is 5.05. The summed E-state index contributed by atoms with van der Waals surface area (Å²) in [4.78, 5) is 7.67. The third-order valence-electron chi connectivity index (χ3n) is 3.74. The van der Waals surface area contributed by atoms with Gasteiger partial charge in [-0.05, 0) is 52.5 Å². The van der Waals surface area contributed by atoms with E-state index in [9.17, 15) is 0 Å². The monoisotopic (exact) mass is 211 g/mol. The van der Waals surface area contributed by atoms with Crippen LogP contribution in [0.3, 0.4) is 0 Å². The lowest BCUT2D eigenvalue weighted by atomic mass is 10.3. The first-order valence-corrected chi connectivity index (χ1v) is 6.48. The van der Waals surface area contributed by atoms with Gasteiger partial charge in [0.2, 0.25) is 0 Å². The molecule has 2 rings (SSSR count). The highest BCUT2D eigenvalue weighted by Crippen LogP contribution is 2.08. The molecular formula is C12H25N3. The molecule has 0 amide bonds. The van der Waals surface area contributed by atoms with Gasteiger partial charge in [0.25, 0.3) is 0 Å². The SMILES string of the molecule is CN1CCN(CCCN2CCCC2)CC1. The summed E-state index contributed by atoms with van der Waals surface area (Å²) in [6.07, 6.45) is 4.22. The zero-order chi connectivity index (χ0) is 10.5. The van der Waals surface area contributed by atoms with E-state index in [-0.39, 0.29) is 0 Å². The van der Waals surface area contributed by atoms with Crippen LogP contribution in [0.1, 0.15) is 19.3 Å². The minimum Gasteiger partial charge on any atom is -0.304 e. The van der Waals surface area contributed by atoms with Gasteiger partial charge in [0.15, 0.2) is 0 Å². The fourth-order valence-electron chi connectivity index (χ4n) is 2.60. The molecule has 0 aromatic heterocycles.